The fourth-order valence-electron chi connectivity index (χ4n) is 2.93. The minimum absolute atomic E-state index is 0.0900. The molecule has 2 unspecified atom stereocenters. The maximum absolute atomic E-state index is 12.2. The van der Waals surface area contributed by atoms with Crippen LogP contribution in [0.1, 0.15) is 24.0 Å². The molecule has 2 N–H and O–H groups in total. The molecule has 1 aromatic carbocycles. The second-order valence-corrected chi connectivity index (χ2v) is 6.34. The van der Waals surface area contributed by atoms with Gasteiger partial charge in [-0.05, 0) is 31.4 Å². The molecule has 3 rings (SSSR count). The molecule has 2 saturated heterocycles. The summed E-state index contributed by atoms with van der Waals surface area (Å²) >= 11 is 0. The Morgan fingerprint density at radius 1 is 1.38 bits per heavy atom. The number of rotatable bonds is 6. The van der Waals surface area contributed by atoms with Crippen LogP contribution in [0.2, 0.25) is 0 Å². The van der Waals surface area contributed by atoms with Crippen LogP contribution < -0.4 is 15.4 Å². The van der Waals surface area contributed by atoms with E-state index in [1.165, 1.54) is 0 Å². The molecule has 0 saturated carbocycles. The number of morpholine rings is 1. The first-order valence-corrected chi connectivity index (χ1v) is 8.66. The smallest absolute Gasteiger partial charge is 0.250 e. The third kappa shape index (κ3) is 4.69. The summed E-state index contributed by atoms with van der Waals surface area (Å²) in [6.07, 6.45) is 1.90. The molecule has 6 heteroatoms. The van der Waals surface area contributed by atoms with Crippen molar-refractivity contribution >= 4 is 5.91 Å². The summed E-state index contributed by atoms with van der Waals surface area (Å²) < 4.78 is 17.0. The van der Waals surface area contributed by atoms with E-state index in [1.807, 2.05) is 25.1 Å². The van der Waals surface area contributed by atoms with Gasteiger partial charge < -0.3 is 24.8 Å². The van der Waals surface area contributed by atoms with E-state index >= 15 is 0 Å². The van der Waals surface area contributed by atoms with Crippen LogP contribution in [0.5, 0.6) is 5.75 Å². The summed E-state index contributed by atoms with van der Waals surface area (Å²) in [6.45, 7) is 5.76. The molecule has 132 valence electrons. The zero-order valence-corrected chi connectivity index (χ0v) is 14.2. The third-order valence-corrected chi connectivity index (χ3v) is 4.34. The molecule has 2 aliphatic heterocycles. The SMILES string of the molecule is Cc1ccc(CNC(=O)C2CNCCO2)c(OCC2CCCO2)c1. The summed E-state index contributed by atoms with van der Waals surface area (Å²) in [4.78, 5) is 12.2. The highest BCUT2D eigenvalue weighted by Crippen LogP contribution is 2.22. The number of amides is 1. The summed E-state index contributed by atoms with van der Waals surface area (Å²) in [7, 11) is 0. The van der Waals surface area contributed by atoms with Gasteiger partial charge in [0.2, 0.25) is 0 Å². The van der Waals surface area contributed by atoms with Crippen LogP contribution in [0.25, 0.3) is 0 Å². The highest BCUT2D eigenvalue weighted by atomic mass is 16.5. The minimum Gasteiger partial charge on any atom is -0.491 e. The van der Waals surface area contributed by atoms with Crippen molar-refractivity contribution in [3.8, 4) is 5.75 Å². The van der Waals surface area contributed by atoms with Crippen LogP contribution in [0.3, 0.4) is 0 Å². The lowest BCUT2D eigenvalue weighted by molar-refractivity contribution is -0.134. The maximum Gasteiger partial charge on any atom is 0.250 e. The molecular weight excluding hydrogens is 308 g/mol. The third-order valence-electron chi connectivity index (χ3n) is 4.34. The molecule has 0 spiro atoms. The number of aryl methyl sites for hydroxylation is 1. The van der Waals surface area contributed by atoms with E-state index < -0.39 is 6.10 Å². The molecule has 24 heavy (non-hydrogen) atoms. The van der Waals surface area contributed by atoms with Crippen molar-refractivity contribution in [3.63, 3.8) is 0 Å². The first kappa shape index (κ1) is 17.2. The van der Waals surface area contributed by atoms with Gasteiger partial charge in [-0.2, -0.15) is 0 Å². The Labute approximate surface area is 142 Å². The molecule has 0 aliphatic carbocycles. The standard InChI is InChI=1S/C18H26N2O4/c1-13-4-5-14(10-20-18(21)17-11-19-6-8-23-17)16(9-13)24-12-15-3-2-7-22-15/h4-5,9,15,17,19H,2-3,6-8,10-12H2,1H3,(H,20,21). The van der Waals surface area contributed by atoms with Crippen LogP contribution in [-0.2, 0) is 20.8 Å². The van der Waals surface area contributed by atoms with Crippen molar-refractivity contribution < 1.29 is 19.0 Å². The number of carbonyl (C=O) groups excluding carboxylic acids is 1. The summed E-state index contributed by atoms with van der Waals surface area (Å²) in [5.74, 6) is 0.723. The van der Waals surface area contributed by atoms with Gasteiger partial charge >= 0.3 is 0 Å². The normalized spacial score (nSPS) is 23.9. The monoisotopic (exact) mass is 334 g/mol. The van der Waals surface area contributed by atoms with Gasteiger partial charge in [0.1, 0.15) is 18.5 Å². The average molecular weight is 334 g/mol. The van der Waals surface area contributed by atoms with Crippen molar-refractivity contribution in [2.75, 3.05) is 32.9 Å². The number of nitrogens with one attached hydrogen (secondary N) is 2. The van der Waals surface area contributed by atoms with Gasteiger partial charge in [-0.15, -0.1) is 0 Å². The Hall–Kier alpha value is -1.63. The molecule has 2 aliphatic rings. The molecular formula is C18H26N2O4. The lowest BCUT2D eigenvalue weighted by Gasteiger charge is -2.23. The maximum atomic E-state index is 12.2. The fraction of sp³-hybridized carbons (Fsp3) is 0.611. The van der Waals surface area contributed by atoms with E-state index in [0.29, 0.717) is 26.3 Å². The van der Waals surface area contributed by atoms with E-state index in [0.717, 1.165) is 42.9 Å². The number of ether oxygens (including phenoxy) is 3. The van der Waals surface area contributed by atoms with Gasteiger partial charge in [-0.3, -0.25) is 4.79 Å². The largest absolute Gasteiger partial charge is 0.491 e. The molecule has 0 bridgehead atoms. The Kier molecular flexibility index (Phi) is 6.07. The fourth-order valence-corrected chi connectivity index (χ4v) is 2.93. The van der Waals surface area contributed by atoms with Crippen LogP contribution in [-0.4, -0.2) is 51.0 Å². The number of benzene rings is 1. The highest BCUT2D eigenvalue weighted by Gasteiger charge is 2.22. The zero-order valence-electron chi connectivity index (χ0n) is 14.2. The molecule has 1 aromatic rings. The average Bonchev–Trinajstić information content (AvgIpc) is 3.13. The predicted octanol–water partition coefficient (Wildman–Crippen LogP) is 1.16. The van der Waals surface area contributed by atoms with Gasteiger partial charge in [-0.25, -0.2) is 0 Å². The van der Waals surface area contributed by atoms with Crippen molar-refractivity contribution in [3.05, 3.63) is 29.3 Å². The molecule has 2 fully saturated rings. The molecule has 2 heterocycles. The predicted molar refractivity (Wildman–Crippen MR) is 90.1 cm³/mol. The molecule has 6 nitrogen and oxygen atoms in total. The quantitative estimate of drug-likeness (QED) is 0.817. The highest BCUT2D eigenvalue weighted by molar-refractivity contribution is 5.81. The first-order valence-electron chi connectivity index (χ1n) is 8.66. The van der Waals surface area contributed by atoms with Gasteiger partial charge in [-0.1, -0.05) is 12.1 Å². The van der Waals surface area contributed by atoms with E-state index in [4.69, 9.17) is 14.2 Å². The van der Waals surface area contributed by atoms with Gasteiger partial charge in [0.05, 0.1) is 12.7 Å². The van der Waals surface area contributed by atoms with Gasteiger partial charge in [0, 0.05) is 31.8 Å². The Morgan fingerprint density at radius 2 is 2.29 bits per heavy atom. The van der Waals surface area contributed by atoms with E-state index in [-0.39, 0.29) is 12.0 Å². The van der Waals surface area contributed by atoms with Crippen molar-refractivity contribution in [1.29, 1.82) is 0 Å². The van der Waals surface area contributed by atoms with E-state index in [1.54, 1.807) is 0 Å². The lowest BCUT2D eigenvalue weighted by atomic mass is 10.1. The van der Waals surface area contributed by atoms with Crippen LogP contribution >= 0.6 is 0 Å². The lowest BCUT2D eigenvalue weighted by Crippen LogP contribution is -2.47. The summed E-state index contributed by atoms with van der Waals surface area (Å²) in [5.41, 5.74) is 2.10. The van der Waals surface area contributed by atoms with Crippen LogP contribution in [0.4, 0.5) is 0 Å². The van der Waals surface area contributed by atoms with Crippen LogP contribution in [0, 0.1) is 6.92 Å². The molecule has 1 amide bonds. The number of hydrogen-bond donors (Lipinski definition) is 2. The zero-order chi connectivity index (χ0) is 16.8. The van der Waals surface area contributed by atoms with Crippen molar-refractivity contribution in [2.24, 2.45) is 0 Å². The van der Waals surface area contributed by atoms with Gasteiger partial charge in [0.25, 0.3) is 5.91 Å². The molecule has 0 radical (unpaired) electrons. The number of carbonyl (C=O) groups is 1. The Balaban J connectivity index is 1.56. The van der Waals surface area contributed by atoms with Gasteiger partial charge in [0.15, 0.2) is 0 Å². The first-order chi connectivity index (χ1) is 11.7. The second kappa shape index (κ2) is 8.46. The summed E-state index contributed by atoms with van der Waals surface area (Å²) in [5, 5.41) is 6.10. The summed E-state index contributed by atoms with van der Waals surface area (Å²) in [6, 6.07) is 6.04. The van der Waals surface area contributed by atoms with Crippen molar-refractivity contribution in [2.45, 2.75) is 38.5 Å². The Bertz CT molecular complexity index is 552. The topological polar surface area (TPSA) is 68.8 Å². The minimum atomic E-state index is -0.416. The number of hydrogen-bond acceptors (Lipinski definition) is 5. The molecule has 2 atom stereocenters. The molecule has 0 aromatic heterocycles. The Morgan fingerprint density at radius 3 is 3.04 bits per heavy atom. The van der Waals surface area contributed by atoms with E-state index in [9.17, 15) is 4.79 Å². The second-order valence-electron chi connectivity index (χ2n) is 6.34. The van der Waals surface area contributed by atoms with E-state index in [2.05, 4.69) is 10.6 Å². The van der Waals surface area contributed by atoms with Crippen LogP contribution in [0.15, 0.2) is 18.2 Å². The van der Waals surface area contributed by atoms with Crippen molar-refractivity contribution in [1.82, 2.24) is 10.6 Å².